The molecule has 0 radical (unpaired) electrons. The molecule has 0 spiro atoms. The predicted octanol–water partition coefficient (Wildman–Crippen LogP) is 5.83. The van der Waals surface area contributed by atoms with Crippen molar-refractivity contribution >= 4 is 34.5 Å². The van der Waals surface area contributed by atoms with E-state index < -0.39 is 11.4 Å². The van der Waals surface area contributed by atoms with Crippen LogP contribution in [0.4, 0.5) is 27.3 Å². The average molecular weight is 492 g/mol. The lowest BCUT2D eigenvalue weighted by Gasteiger charge is -2.31. The van der Waals surface area contributed by atoms with E-state index in [1.54, 1.807) is 50.6 Å². The highest BCUT2D eigenvalue weighted by atomic mass is 35.5. The molecule has 0 saturated heterocycles. The second kappa shape index (κ2) is 9.13. The summed E-state index contributed by atoms with van der Waals surface area (Å²) in [6, 6.07) is 13.6. The molecule has 4 heterocycles. The van der Waals surface area contributed by atoms with Crippen molar-refractivity contribution in [2.24, 2.45) is 0 Å². The van der Waals surface area contributed by atoms with Gasteiger partial charge in [-0.2, -0.15) is 0 Å². The fourth-order valence-corrected chi connectivity index (χ4v) is 4.05. The number of halogens is 2. The SMILES string of the molecule is CC(C)(O)c1cc(Nc2cc(N3CCOc4cnc(-c5cc(Cl)ccc5F)cc43)ccn2)ccn1. The standard InChI is InChI=1S/C26H23ClFN5O2/c1-26(2,34)24-12-17(5-7-29-24)32-25-13-18(6-8-30-25)33-9-10-35-23-15-31-21(14-22(23)33)19-11-16(27)3-4-20(19)28/h3-8,11-15,34H,9-10H2,1-2H3,(H,29,30,32). The topological polar surface area (TPSA) is 83.4 Å². The molecule has 0 unspecified atom stereocenters. The van der Waals surface area contributed by atoms with Gasteiger partial charge in [-0.05, 0) is 56.3 Å². The number of benzene rings is 1. The van der Waals surface area contributed by atoms with Gasteiger partial charge in [-0.1, -0.05) is 11.6 Å². The molecule has 0 atom stereocenters. The van der Waals surface area contributed by atoms with Crippen LogP contribution in [0, 0.1) is 5.82 Å². The number of hydrogen-bond acceptors (Lipinski definition) is 7. The van der Waals surface area contributed by atoms with E-state index >= 15 is 0 Å². The summed E-state index contributed by atoms with van der Waals surface area (Å²) in [6.07, 6.45) is 4.96. The molecule has 9 heteroatoms. The van der Waals surface area contributed by atoms with Crippen molar-refractivity contribution in [3.05, 3.63) is 83.7 Å². The number of nitrogens with one attached hydrogen (secondary N) is 1. The van der Waals surface area contributed by atoms with Crippen LogP contribution in [0.5, 0.6) is 5.75 Å². The lowest BCUT2D eigenvalue weighted by atomic mass is 10.0. The summed E-state index contributed by atoms with van der Waals surface area (Å²) in [5.74, 6) is 0.833. The monoisotopic (exact) mass is 491 g/mol. The minimum atomic E-state index is -1.06. The van der Waals surface area contributed by atoms with E-state index in [1.807, 2.05) is 18.2 Å². The summed E-state index contributed by atoms with van der Waals surface area (Å²) in [7, 11) is 0. The zero-order chi connectivity index (χ0) is 24.6. The molecule has 178 valence electrons. The number of rotatable bonds is 5. The maximum absolute atomic E-state index is 14.5. The number of aromatic nitrogens is 3. The van der Waals surface area contributed by atoms with Gasteiger partial charge >= 0.3 is 0 Å². The van der Waals surface area contributed by atoms with Gasteiger partial charge in [-0.25, -0.2) is 9.37 Å². The van der Waals surface area contributed by atoms with E-state index in [-0.39, 0.29) is 0 Å². The Kier molecular flexibility index (Phi) is 6.00. The Labute approximate surface area is 207 Å². The highest BCUT2D eigenvalue weighted by molar-refractivity contribution is 6.30. The Morgan fingerprint density at radius 2 is 1.89 bits per heavy atom. The number of nitrogens with zero attached hydrogens (tertiary/aromatic N) is 4. The highest BCUT2D eigenvalue weighted by Gasteiger charge is 2.23. The van der Waals surface area contributed by atoms with Crippen molar-refractivity contribution in [3.8, 4) is 17.0 Å². The van der Waals surface area contributed by atoms with Crippen LogP contribution in [0.1, 0.15) is 19.5 Å². The molecule has 3 aromatic heterocycles. The highest BCUT2D eigenvalue weighted by Crippen LogP contribution is 2.39. The van der Waals surface area contributed by atoms with E-state index in [1.165, 1.54) is 12.1 Å². The summed E-state index contributed by atoms with van der Waals surface area (Å²) in [5, 5.41) is 14.0. The number of fused-ring (bicyclic) bond motifs is 1. The first-order chi connectivity index (χ1) is 16.8. The fraction of sp³-hybridized carbons (Fsp3) is 0.192. The van der Waals surface area contributed by atoms with Crippen LogP contribution >= 0.6 is 11.6 Å². The molecular formula is C26H23ClFN5O2. The molecule has 5 rings (SSSR count). The lowest BCUT2D eigenvalue weighted by molar-refractivity contribution is 0.0739. The number of pyridine rings is 3. The Balaban J connectivity index is 1.47. The number of aliphatic hydroxyl groups is 1. The third-order valence-corrected chi connectivity index (χ3v) is 5.86. The van der Waals surface area contributed by atoms with Crippen LogP contribution in [-0.2, 0) is 5.60 Å². The maximum Gasteiger partial charge on any atom is 0.161 e. The molecule has 4 aromatic rings. The summed E-state index contributed by atoms with van der Waals surface area (Å²) in [4.78, 5) is 15.1. The van der Waals surface area contributed by atoms with Crippen LogP contribution in [-0.4, -0.2) is 33.2 Å². The third kappa shape index (κ3) is 4.89. The fourth-order valence-electron chi connectivity index (χ4n) is 3.88. The van der Waals surface area contributed by atoms with Gasteiger partial charge in [0.2, 0.25) is 0 Å². The molecule has 1 aliphatic rings. The lowest BCUT2D eigenvalue weighted by Crippen LogP contribution is -2.28. The molecule has 0 aliphatic carbocycles. The van der Waals surface area contributed by atoms with Crippen LogP contribution in [0.25, 0.3) is 11.3 Å². The van der Waals surface area contributed by atoms with Crippen LogP contribution in [0.2, 0.25) is 5.02 Å². The number of hydrogen-bond donors (Lipinski definition) is 2. The van der Waals surface area contributed by atoms with Crippen LogP contribution in [0.3, 0.4) is 0 Å². The average Bonchev–Trinajstić information content (AvgIpc) is 2.85. The first kappa shape index (κ1) is 23.0. The number of anilines is 4. The number of ether oxygens (including phenoxy) is 1. The van der Waals surface area contributed by atoms with Crippen molar-refractivity contribution in [3.63, 3.8) is 0 Å². The van der Waals surface area contributed by atoms with Gasteiger partial charge in [-0.15, -0.1) is 0 Å². The molecule has 1 aliphatic heterocycles. The van der Waals surface area contributed by atoms with Crippen molar-refractivity contribution in [1.29, 1.82) is 0 Å². The van der Waals surface area contributed by atoms with Crippen molar-refractivity contribution < 1.29 is 14.2 Å². The van der Waals surface area contributed by atoms with Gasteiger partial charge in [0.25, 0.3) is 0 Å². The van der Waals surface area contributed by atoms with E-state index in [0.29, 0.717) is 46.7 Å². The van der Waals surface area contributed by atoms with Crippen molar-refractivity contribution in [2.75, 3.05) is 23.4 Å². The zero-order valence-electron chi connectivity index (χ0n) is 19.2. The second-order valence-corrected chi connectivity index (χ2v) is 9.11. The Morgan fingerprint density at radius 3 is 2.71 bits per heavy atom. The van der Waals surface area contributed by atoms with Gasteiger partial charge in [0.15, 0.2) is 5.75 Å². The first-order valence-corrected chi connectivity index (χ1v) is 11.4. The van der Waals surface area contributed by atoms with Crippen molar-refractivity contribution in [2.45, 2.75) is 19.4 Å². The largest absolute Gasteiger partial charge is 0.488 e. The Morgan fingerprint density at radius 1 is 1.06 bits per heavy atom. The van der Waals surface area contributed by atoms with Crippen molar-refractivity contribution in [1.82, 2.24) is 15.0 Å². The maximum atomic E-state index is 14.5. The van der Waals surface area contributed by atoms with Gasteiger partial charge < -0.3 is 20.1 Å². The van der Waals surface area contributed by atoms with Crippen LogP contribution < -0.4 is 15.0 Å². The molecule has 1 aromatic carbocycles. The minimum Gasteiger partial charge on any atom is -0.488 e. The predicted molar refractivity (Wildman–Crippen MR) is 134 cm³/mol. The van der Waals surface area contributed by atoms with Gasteiger partial charge in [-0.3, -0.25) is 9.97 Å². The summed E-state index contributed by atoms with van der Waals surface area (Å²) in [6.45, 7) is 4.44. The van der Waals surface area contributed by atoms with Gasteiger partial charge in [0.1, 0.15) is 23.8 Å². The Hall–Kier alpha value is -3.75. The molecule has 7 nitrogen and oxygen atoms in total. The van der Waals surface area contributed by atoms with E-state index in [4.69, 9.17) is 16.3 Å². The third-order valence-electron chi connectivity index (χ3n) is 5.63. The quantitative estimate of drug-likeness (QED) is 0.363. The van der Waals surface area contributed by atoms with E-state index in [2.05, 4.69) is 25.2 Å². The minimum absolute atomic E-state index is 0.322. The summed E-state index contributed by atoms with van der Waals surface area (Å²) >= 11 is 6.09. The molecular weight excluding hydrogens is 469 g/mol. The zero-order valence-corrected chi connectivity index (χ0v) is 19.9. The van der Waals surface area contributed by atoms with Crippen LogP contribution in [0.15, 0.2) is 67.1 Å². The van der Waals surface area contributed by atoms with Gasteiger partial charge in [0, 0.05) is 40.4 Å². The smallest absolute Gasteiger partial charge is 0.161 e. The van der Waals surface area contributed by atoms with E-state index in [9.17, 15) is 9.50 Å². The molecule has 0 saturated carbocycles. The first-order valence-electron chi connectivity index (χ1n) is 11.1. The van der Waals surface area contributed by atoms with E-state index in [0.717, 1.165) is 17.1 Å². The second-order valence-electron chi connectivity index (χ2n) is 8.67. The molecule has 0 bridgehead atoms. The molecule has 0 amide bonds. The Bertz CT molecular complexity index is 1390. The van der Waals surface area contributed by atoms with Gasteiger partial charge in [0.05, 0.1) is 29.8 Å². The molecule has 2 N–H and O–H groups in total. The summed E-state index contributed by atoms with van der Waals surface area (Å²) in [5.41, 5.74) is 2.68. The normalized spacial score (nSPS) is 13.2. The molecule has 35 heavy (non-hydrogen) atoms. The molecule has 0 fully saturated rings. The summed E-state index contributed by atoms with van der Waals surface area (Å²) < 4.78 is 20.3.